The molecule has 1 aromatic carbocycles. The number of sulfone groups is 1. The summed E-state index contributed by atoms with van der Waals surface area (Å²) in [4.78, 5) is 14.2. The molecule has 4 fully saturated rings. The van der Waals surface area contributed by atoms with Gasteiger partial charge in [-0.15, -0.1) is 0 Å². The molecule has 2 unspecified atom stereocenters. The Labute approximate surface area is 211 Å². The Hall–Kier alpha value is -2.56. The maximum atomic E-state index is 11.6. The minimum Gasteiger partial charge on any atom is -0.374 e. The van der Waals surface area contributed by atoms with Gasteiger partial charge in [0.25, 0.3) is 0 Å². The third kappa shape index (κ3) is 3.81. The fourth-order valence-corrected chi connectivity index (χ4v) is 7.36. The second-order valence-electron chi connectivity index (χ2n) is 11.2. The summed E-state index contributed by atoms with van der Waals surface area (Å²) in [6.07, 6.45) is 4.63. The highest BCUT2D eigenvalue weighted by atomic mass is 32.2. The fraction of sp³-hybridized carbons (Fsp3) is 0.577. The normalized spacial score (nSPS) is 29.4. The van der Waals surface area contributed by atoms with Gasteiger partial charge in [-0.25, -0.2) is 23.1 Å². The zero-order valence-corrected chi connectivity index (χ0v) is 21.8. The number of morpholine rings is 1. The van der Waals surface area contributed by atoms with Gasteiger partial charge in [0.15, 0.2) is 5.82 Å². The van der Waals surface area contributed by atoms with Gasteiger partial charge in [-0.3, -0.25) is 0 Å². The molecule has 1 saturated carbocycles. The van der Waals surface area contributed by atoms with E-state index in [1.807, 2.05) is 17.8 Å². The number of aryl methyl sites for hydroxylation is 2. The smallest absolute Gasteiger partial charge is 0.159 e. The molecule has 3 aliphatic heterocycles. The van der Waals surface area contributed by atoms with Gasteiger partial charge in [0.1, 0.15) is 21.5 Å². The number of fused-ring (bicyclic) bond motifs is 4. The second-order valence-corrected chi connectivity index (χ2v) is 13.5. The van der Waals surface area contributed by atoms with Crippen molar-refractivity contribution >= 4 is 26.6 Å². The molecular weight excluding hydrogens is 476 g/mol. The number of likely N-dealkylation sites (tertiary alicyclic amines) is 1. The standard InChI is InChI=1S/C26H32N6O3S/c1-15-6-17-10-27-32(25-9-24(28-16(2)29-25)31-11-19-7-18(31)14-35-19)23(17)8-20(15)26-21-12-30(13-22(21)26)4-5-36(3,33)34/h6,8-10,18-19,21-22,26H,4-5,7,11-14H2,1-3H3/t18-,19-,21?,22?,26?/m1/s1. The Balaban J connectivity index is 1.17. The van der Waals surface area contributed by atoms with Crippen LogP contribution in [0.15, 0.2) is 24.4 Å². The molecule has 0 amide bonds. The Morgan fingerprint density at radius 2 is 1.83 bits per heavy atom. The van der Waals surface area contributed by atoms with E-state index < -0.39 is 9.84 Å². The number of hydrogen-bond donors (Lipinski definition) is 0. The van der Waals surface area contributed by atoms with E-state index in [-0.39, 0.29) is 5.75 Å². The minimum absolute atomic E-state index is 0.244. The van der Waals surface area contributed by atoms with Gasteiger partial charge in [-0.1, -0.05) is 0 Å². The van der Waals surface area contributed by atoms with Crippen molar-refractivity contribution in [1.82, 2.24) is 24.6 Å². The first-order chi connectivity index (χ1) is 17.2. The van der Waals surface area contributed by atoms with Crippen LogP contribution in [0.5, 0.6) is 0 Å². The van der Waals surface area contributed by atoms with Crippen LogP contribution in [0.25, 0.3) is 16.7 Å². The van der Waals surface area contributed by atoms with Crippen LogP contribution in [0.1, 0.15) is 29.3 Å². The van der Waals surface area contributed by atoms with Crippen molar-refractivity contribution in [2.24, 2.45) is 11.8 Å². The van der Waals surface area contributed by atoms with Crippen LogP contribution in [0, 0.1) is 25.7 Å². The van der Waals surface area contributed by atoms with E-state index in [0.29, 0.717) is 36.4 Å². The van der Waals surface area contributed by atoms with Crippen LogP contribution >= 0.6 is 0 Å². The van der Waals surface area contributed by atoms with Crippen molar-refractivity contribution in [3.8, 4) is 5.82 Å². The van der Waals surface area contributed by atoms with Crippen LogP contribution < -0.4 is 4.90 Å². The Bertz CT molecular complexity index is 1460. The first-order valence-corrected chi connectivity index (χ1v) is 14.9. The quantitative estimate of drug-likeness (QED) is 0.500. The zero-order chi connectivity index (χ0) is 24.8. The van der Waals surface area contributed by atoms with E-state index in [0.717, 1.165) is 61.0 Å². The molecule has 36 heavy (non-hydrogen) atoms. The lowest BCUT2D eigenvalue weighted by atomic mass is 9.99. The van der Waals surface area contributed by atoms with E-state index in [4.69, 9.17) is 19.8 Å². The summed E-state index contributed by atoms with van der Waals surface area (Å²) in [7, 11) is -2.92. The summed E-state index contributed by atoms with van der Waals surface area (Å²) in [5.74, 6) is 4.50. The molecule has 3 aromatic rings. The van der Waals surface area contributed by atoms with Crippen molar-refractivity contribution in [2.45, 2.75) is 38.3 Å². The number of rotatable bonds is 6. The number of hydrogen-bond acceptors (Lipinski definition) is 8. The summed E-state index contributed by atoms with van der Waals surface area (Å²) in [6.45, 7) is 8.40. The molecule has 9 nitrogen and oxygen atoms in total. The van der Waals surface area contributed by atoms with Gasteiger partial charge < -0.3 is 14.5 Å². The third-order valence-corrected chi connectivity index (χ3v) is 9.51. The fourth-order valence-electron chi connectivity index (χ4n) is 6.77. The van der Waals surface area contributed by atoms with Gasteiger partial charge >= 0.3 is 0 Å². The monoisotopic (exact) mass is 508 g/mol. The SMILES string of the molecule is Cc1nc(N2C[C@H]3C[C@@H]2CO3)cc(-n2ncc3cc(C)c(C4C5CN(CCS(C)(=O)=O)CC54)cc32)n1. The molecule has 2 aromatic heterocycles. The van der Waals surface area contributed by atoms with Crippen molar-refractivity contribution in [3.63, 3.8) is 0 Å². The summed E-state index contributed by atoms with van der Waals surface area (Å²) in [5.41, 5.74) is 3.77. The number of benzene rings is 1. The maximum absolute atomic E-state index is 11.6. The number of anilines is 1. The van der Waals surface area contributed by atoms with E-state index in [1.54, 1.807) is 0 Å². The molecule has 7 rings (SSSR count). The van der Waals surface area contributed by atoms with Crippen LogP contribution in [0.3, 0.4) is 0 Å². The topological polar surface area (TPSA) is 93.5 Å². The van der Waals surface area contributed by atoms with Gasteiger partial charge in [0.2, 0.25) is 0 Å². The number of aromatic nitrogens is 4. The first kappa shape index (κ1) is 22.6. The number of piperidine rings is 1. The van der Waals surface area contributed by atoms with Crippen molar-refractivity contribution < 1.29 is 13.2 Å². The lowest BCUT2D eigenvalue weighted by Crippen LogP contribution is -2.37. The summed E-state index contributed by atoms with van der Waals surface area (Å²) in [6, 6.07) is 7.01. The van der Waals surface area contributed by atoms with E-state index in [9.17, 15) is 8.42 Å². The highest BCUT2D eigenvalue weighted by Gasteiger charge is 2.56. The molecule has 0 N–H and O–H groups in total. The van der Waals surface area contributed by atoms with E-state index in [2.05, 4.69) is 34.9 Å². The predicted molar refractivity (Wildman–Crippen MR) is 137 cm³/mol. The molecule has 0 spiro atoms. The predicted octanol–water partition coefficient (Wildman–Crippen LogP) is 2.10. The second kappa shape index (κ2) is 7.97. The average Bonchev–Trinajstić information content (AvgIpc) is 3.38. The first-order valence-electron chi connectivity index (χ1n) is 12.9. The number of nitrogens with zero attached hydrogens (tertiary/aromatic N) is 6. The molecule has 4 atom stereocenters. The van der Waals surface area contributed by atoms with Crippen LogP contribution in [-0.4, -0.2) is 90.0 Å². The summed E-state index contributed by atoms with van der Waals surface area (Å²) in [5, 5.41) is 5.85. The zero-order valence-electron chi connectivity index (χ0n) is 21.0. The van der Waals surface area contributed by atoms with Gasteiger partial charge in [0.05, 0.1) is 36.2 Å². The maximum Gasteiger partial charge on any atom is 0.159 e. The van der Waals surface area contributed by atoms with Crippen LogP contribution in [-0.2, 0) is 14.6 Å². The number of ether oxygens (including phenoxy) is 1. The summed E-state index contributed by atoms with van der Waals surface area (Å²) >= 11 is 0. The molecule has 4 aliphatic rings. The van der Waals surface area contributed by atoms with Crippen molar-refractivity contribution in [3.05, 3.63) is 41.3 Å². The van der Waals surface area contributed by atoms with Crippen LogP contribution in [0.4, 0.5) is 5.82 Å². The summed E-state index contributed by atoms with van der Waals surface area (Å²) < 4.78 is 30.9. The lowest BCUT2D eigenvalue weighted by Gasteiger charge is -2.28. The average molecular weight is 509 g/mol. The minimum atomic E-state index is -2.92. The van der Waals surface area contributed by atoms with E-state index in [1.165, 1.54) is 17.4 Å². The molecule has 190 valence electrons. The molecule has 5 heterocycles. The largest absolute Gasteiger partial charge is 0.374 e. The Morgan fingerprint density at radius 1 is 1.06 bits per heavy atom. The van der Waals surface area contributed by atoms with E-state index >= 15 is 0 Å². The molecular formula is C26H32N6O3S. The van der Waals surface area contributed by atoms with Gasteiger partial charge in [0, 0.05) is 43.9 Å². The molecule has 1 aliphatic carbocycles. The Kier molecular flexibility index (Phi) is 5.01. The lowest BCUT2D eigenvalue weighted by molar-refractivity contribution is 0.0988. The molecule has 0 radical (unpaired) electrons. The third-order valence-electron chi connectivity index (χ3n) is 8.59. The van der Waals surface area contributed by atoms with Crippen molar-refractivity contribution in [1.29, 1.82) is 0 Å². The Morgan fingerprint density at radius 3 is 2.53 bits per heavy atom. The highest BCUT2D eigenvalue weighted by molar-refractivity contribution is 7.90. The van der Waals surface area contributed by atoms with Crippen molar-refractivity contribution in [2.75, 3.05) is 49.7 Å². The molecule has 2 bridgehead atoms. The van der Waals surface area contributed by atoms with Crippen LogP contribution in [0.2, 0.25) is 0 Å². The highest BCUT2D eigenvalue weighted by Crippen LogP contribution is 2.59. The molecule has 10 heteroatoms. The molecule has 3 saturated heterocycles. The van der Waals surface area contributed by atoms with Gasteiger partial charge in [-0.05, 0) is 61.3 Å². The van der Waals surface area contributed by atoms with Gasteiger partial charge in [-0.2, -0.15) is 5.10 Å².